The number of hydrogen-bond donors (Lipinski definition) is 1. The molecule has 2 amide bonds. The van der Waals surface area contributed by atoms with Crippen LogP contribution in [0.15, 0.2) is 14.5 Å². The van der Waals surface area contributed by atoms with Crippen LogP contribution in [-0.2, 0) is 72.5 Å². The van der Waals surface area contributed by atoms with E-state index in [2.05, 4.69) is 4.74 Å². The summed E-state index contributed by atoms with van der Waals surface area (Å²) in [4.78, 5) is 74.5. The molecule has 0 saturated heterocycles. The highest BCUT2D eigenvalue weighted by Gasteiger charge is 2.44. The molecule has 5 atom stereocenters. The maximum absolute atomic E-state index is 13.7. The molecule has 0 saturated carbocycles. The van der Waals surface area contributed by atoms with Crippen molar-refractivity contribution in [2.45, 2.75) is 93.8 Å². The molecular weight excluding hydrogens is 715 g/mol. The van der Waals surface area contributed by atoms with Gasteiger partial charge in [-0.1, -0.05) is 0 Å². The Kier molecular flexibility index (Phi) is 14.7. The summed E-state index contributed by atoms with van der Waals surface area (Å²) in [6, 6.07) is -0.0386. The molecule has 2 rings (SSSR count). The van der Waals surface area contributed by atoms with Gasteiger partial charge in [0.2, 0.25) is 0 Å². The lowest BCUT2D eigenvalue weighted by Gasteiger charge is -2.39. The molecule has 0 bridgehead atoms. The van der Waals surface area contributed by atoms with Crippen molar-refractivity contribution in [3.05, 3.63) is 11.6 Å². The number of carbonyl (C=O) groups excluding carboxylic acids is 6. The van der Waals surface area contributed by atoms with Gasteiger partial charge in [-0.25, -0.2) is 31.1 Å². The molecule has 2 heterocycles. The summed E-state index contributed by atoms with van der Waals surface area (Å²) >= 11 is 0.343. The predicted octanol–water partition coefficient (Wildman–Crippen LogP) is 0.250. The number of nitrogens with zero attached hydrogens (tertiary/aromatic N) is 2. The van der Waals surface area contributed by atoms with Crippen LogP contribution in [0.4, 0.5) is 0 Å². The zero-order chi connectivity index (χ0) is 37.4. The number of nitrogens with one attached hydrogen (secondary N) is 1. The van der Waals surface area contributed by atoms with Gasteiger partial charge >= 0.3 is 23.9 Å². The fourth-order valence-corrected chi connectivity index (χ4v) is 9.48. The van der Waals surface area contributed by atoms with E-state index in [4.69, 9.17) is 18.9 Å². The zero-order valence-electron chi connectivity index (χ0n) is 28.2. The highest BCUT2D eigenvalue weighted by molar-refractivity contribution is 7.94. The van der Waals surface area contributed by atoms with Gasteiger partial charge in [-0.15, -0.1) is 11.3 Å². The summed E-state index contributed by atoms with van der Waals surface area (Å²) in [6.45, 7) is 8.36. The second kappa shape index (κ2) is 17.3. The van der Waals surface area contributed by atoms with Crippen LogP contribution in [0.5, 0.6) is 0 Å². The van der Waals surface area contributed by atoms with E-state index in [-0.39, 0.29) is 38.2 Å². The third-order valence-electron chi connectivity index (χ3n) is 6.92. The summed E-state index contributed by atoms with van der Waals surface area (Å²) in [5.41, 5.74) is -0.0579. The van der Waals surface area contributed by atoms with Crippen molar-refractivity contribution in [2.75, 3.05) is 33.4 Å². The molecule has 49 heavy (non-hydrogen) atoms. The molecule has 21 heteroatoms. The average molecular weight is 756 g/mol. The number of likely N-dealkylation sites (N-methyl/N-ethyl adjacent to an activating group) is 1. The number of thiophene rings is 1. The maximum Gasteiger partial charge on any atom is 0.347 e. The number of ether oxygens (including phenoxy) is 5. The molecular formula is C28H41N3O15S3. The van der Waals surface area contributed by atoms with E-state index in [0.717, 1.165) is 31.1 Å². The van der Waals surface area contributed by atoms with Gasteiger partial charge in [0.25, 0.3) is 31.9 Å². The first kappa shape index (κ1) is 41.5. The van der Waals surface area contributed by atoms with Gasteiger partial charge < -0.3 is 28.6 Å². The van der Waals surface area contributed by atoms with E-state index in [1.807, 2.05) is 0 Å². The summed E-state index contributed by atoms with van der Waals surface area (Å²) in [7, 11) is -7.64. The van der Waals surface area contributed by atoms with Gasteiger partial charge in [-0.05, 0) is 47.1 Å². The van der Waals surface area contributed by atoms with Crippen LogP contribution in [-0.4, -0.2) is 119 Å². The van der Waals surface area contributed by atoms with Crippen molar-refractivity contribution >= 4 is 67.1 Å². The topological polar surface area (TPSA) is 235 Å². The van der Waals surface area contributed by atoms with Crippen molar-refractivity contribution in [2.24, 2.45) is 0 Å². The number of sulfonamides is 2. The molecule has 0 aliphatic carbocycles. The fourth-order valence-electron chi connectivity index (χ4n) is 4.57. The third-order valence-corrected chi connectivity index (χ3v) is 12.3. The second-order valence-electron chi connectivity index (χ2n) is 10.8. The van der Waals surface area contributed by atoms with Crippen molar-refractivity contribution in [3.63, 3.8) is 0 Å². The first-order valence-corrected chi connectivity index (χ1v) is 18.7. The Hall–Kier alpha value is -3.66. The Balaban J connectivity index is 2.47. The van der Waals surface area contributed by atoms with Gasteiger partial charge in [0.1, 0.15) is 8.42 Å². The monoisotopic (exact) mass is 755 g/mol. The summed E-state index contributed by atoms with van der Waals surface area (Å²) in [6.07, 6.45) is -5.50. The Bertz CT molecular complexity index is 1640. The molecule has 1 unspecified atom stereocenters. The van der Waals surface area contributed by atoms with E-state index in [1.54, 1.807) is 11.6 Å². The lowest BCUT2D eigenvalue weighted by atomic mass is 10.1. The SMILES string of the molecule is CCN(C(=O)[C@H](C)OC(=O)[C@H](C)OC(C)=O)C1CN(CCCOC)S(=O)(=O)c2sc(S(=O)(=O)NC(=O)[C@H](C)OC(=O)[C@H](C)OC(C)=O)cc21. The zero-order valence-corrected chi connectivity index (χ0v) is 30.7. The molecule has 1 aliphatic heterocycles. The Morgan fingerprint density at radius 3 is 1.96 bits per heavy atom. The molecule has 1 aromatic rings. The maximum atomic E-state index is 13.7. The standard InChI is InChI=1S/C28H41N3O15S3/c1-9-31(25(35)16(3)46-27(37)18(5)44-20(7)33)22-14-30(11-10-12-42-8)49(40,41)28-21(22)13-23(47-28)48(38,39)29-24(34)15(2)45-26(36)17(4)43-19(6)32/h13,15-18,22H,9-12,14H2,1-8H3,(H,29,34)/t15-,16-,17-,18-,22?/m0/s1. The van der Waals surface area contributed by atoms with Crippen LogP contribution < -0.4 is 4.72 Å². The largest absolute Gasteiger partial charge is 0.451 e. The predicted molar refractivity (Wildman–Crippen MR) is 169 cm³/mol. The molecule has 18 nitrogen and oxygen atoms in total. The van der Waals surface area contributed by atoms with Crippen molar-refractivity contribution in [1.29, 1.82) is 0 Å². The van der Waals surface area contributed by atoms with E-state index < -0.39 is 94.6 Å². The summed E-state index contributed by atoms with van der Waals surface area (Å²) in [5, 5.41) is 0. The van der Waals surface area contributed by atoms with Crippen molar-refractivity contribution in [1.82, 2.24) is 13.9 Å². The summed E-state index contributed by atoms with van der Waals surface area (Å²) < 4.78 is 80.6. The molecule has 0 aromatic carbocycles. The van der Waals surface area contributed by atoms with Crippen LogP contribution >= 0.6 is 11.3 Å². The van der Waals surface area contributed by atoms with Gasteiger partial charge in [0, 0.05) is 52.8 Å². The number of amides is 2. The molecule has 276 valence electrons. The Morgan fingerprint density at radius 1 is 0.939 bits per heavy atom. The molecule has 1 aliphatic rings. The molecule has 1 aromatic heterocycles. The van der Waals surface area contributed by atoms with Gasteiger partial charge in [0.05, 0.1) is 6.04 Å². The smallest absolute Gasteiger partial charge is 0.347 e. The number of carbonyl (C=O) groups is 6. The van der Waals surface area contributed by atoms with E-state index >= 15 is 0 Å². The normalized spacial score (nSPS) is 18.1. The van der Waals surface area contributed by atoms with E-state index in [0.29, 0.717) is 11.3 Å². The van der Waals surface area contributed by atoms with Crippen LogP contribution in [0.2, 0.25) is 0 Å². The number of hydrogen-bond acceptors (Lipinski definition) is 16. The quantitative estimate of drug-likeness (QED) is 0.135. The summed E-state index contributed by atoms with van der Waals surface area (Å²) in [5.74, 6) is -5.68. The Morgan fingerprint density at radius 2 is 1.47 bits per heavy atom. The minimum absolute atomic E-state index is 0.0282. The average Bonchev–Trinajstić information content (AvgIpc) is 3.46. The van der Waals surface area contributed by atoms with E-state index in [1.165, 1.54) is 32.8 Å². The minimum Gasteiger partial charge on any atom is -0.451 e. The highest BCUT2D eigenvalue weighted by atomic mass is 32.3. The van der Waals surface area contributed by atoms with Crippen molar-refractivity contribution < 1.29 is 69.3 Å². The van der Waals surface area contributed by atoms with Crippen LogP contribution in [0.25, 0.3) is 0 Å². The number of fused-ring (bicyclic) bond motifs is 1. The van der Waals surface area contributed by atoms with Crippen LogP contribution in [0, 0.1) is 0 Å². The van der Waals surface area contributed by atoms with Crippen molar-refractivity contribution in [3.8, 4) is 0 Å². The molecule has 0 radical (unpaired) electrons. The fraction of sp³-hybridized carbons (Fsp3) is 0.643. The number of esters is 4. The Labute approximate surface area is 288 Å². The lowest BCUT2D eigenvalue weighted by Crippen LogP contribution is -2.50. The highest BCUT2D eigenvalue weighted by Crippen LogP contribution is 2.42. The first-order chi connectivity index (χ1) is 22.7. The van der Waals surface area contributed by atoms with Gasteiger partial charge in [-0.2, -0.15) is 4.31 Å². The number of rotatable bonds is 16. The molecule has 0 fully saturated rings. The first-order valence-electron chi connectivity index (χ1n) is 14.9. The van der Waals surface area contributed by atoms with Crippen LogP contribution in [0.3, 0.4) is 0 Å². The molecule has 0 spiro atoms. The van der Waals surface area contributed by atoms with Crippen LogP contribution in [0.1, 0.15) is 66.5 Å². The minimum atomic E-state index is -4.76. The van der Waals surface area contributed by atoms with Gasteiger partial charge in [-0.3, -0.25) is 19.2 Å². The third kappa shape index (κ3) is 10.7. The lowest BCUT2D eigenvalue weighted by molar-refractivity contribution is -0.173. The molecule has 1 N–H and O–H groups in total. The number of methoxy groups -OCH3 is 1. The van der Waals surface area contributed by atoms with E-state index in [9.17, 15) is 45.6 Å². The second-order valence-corrected chi connectivity index (χ2v) is 15.9. The van der Waals surface area contributed by atoms with Gasteiger partial charge in [0.15, 0.2) is 24.4 Å².